The summed E-state index contributed by atoms with van der Waals surface area (Å²) >= 11 is 11.7. The van der Waals surface area contributed by atoms with E-state index in [0.29, 0.717) is 34.4 Å². The Bertz CT molecular complexity index is 1270. The van der Waals surface area contributed by atoms with Gasteiger partial charge in [0, 0.05) is 39.4 Å². The van der Waals surface area contributed by atoms with E-state index in [0.717, 1.165) is 32.1 Å². The van der Waals surface area contributed by atoms with Crippen LogP contribution in [0.1, 0.15) is 42.5 Å². The molecule has 2 aliphatic rings. The first-order chi connectivity index (χ1) is 19.1. The number of benzene rings is 2. The molecule has 1 aliphatic carbocycles. The molecule has 2 aromatic rings. The second-order valence-corrected chi connectivity index (χ2v) is 10.6. The first kappa shape index (κ1) is 31.1. The first-order valence-corrected chi connectivity index (χ1v) is 13.6. The molecule has 2 atom stereocenters. The summed E-state index contributed by atoms with van der Waals surface area (Å²) in [7, 11) is 0. The molecular weight excluding hydrogens is 556 g/mol. The topological polar surface area (TPSA) is 108 Å². The first-order valence-electron chi connectivity index (χ1n) is 12.9. The Morgan fingerprint density at radius 2 is 1.80 bits per heavy atom. The Kier molecular flexibility index (Phi) is 11.5. The standard InChI is InChI=1S/C22H25Cl2FN2O.C8H7NO3/c1-15(23)7-5-10-19(25)18-14-26-22(11-3-2-4-12-22)20(18)21(28)27-17-9-6-8-16(24)13-17;10-5-9-7-3-1-6(2-4-7)8(11)12/h5-10,13,18,20,26H,1-4,11-12,14H2,(H,27,28);1-5H,(H,9,10)(H,11,12)/b7-5-,19-10-;. The number of carbonyl (C=O) groups is 3. The van der Waals surface area contributed by atoms with Crippen molar-refractivity contribution in [2.45, 2.75) is 37.6 Å². The molecule has 4 rings (SSSR count). The molecule has 2 aromatic carbocycles. The summed E-state index contributed by atoms with van der Waals surface area (Å²) in [4.78, 5) is 33.6. The molecule has 2 unspecified atom stereocenters. The Balaban J connectivity index is 0.000000307. The summed E-state index contributed by atoms with van der Waals surface area (Å²) in [5, 5.41) is 18.2. The van der Waals surface area contributed by atoms with Gasteiger partial charge in [0.25, 0.3) is 0 Å². The molecule has 1 saturated heterocycles. The summed E-state index contributed by atoms with van der Waals surface area (Å²) in [6.45, 7) is 3.99. The molecule has 0 aromatic heterocycles. The number of hydrogen-bond donors (Lipinski definition) is 4. The molecule has 212 valence electrons. The molecule has 0 radical (unpaired) electrons. The molecule has 7 nitrogen and oxygen atoms in total. The fraction of sp³-hybridized carbons (Fsp3) is 0.300. The average molecular weight is 589 g/mol. The molecule has 1 aliphatic heterocycles. The van der Waals surface area contributed by atoms with Gasteiger partial charge in [-0.05, 0) is 67.5 Å². The number of allylic oxidation sites excluding steroid dienone is 4. The smallest absolute Gasteiger partial charge is 0.335 e. The van der Waals surface area contributed by atoms with Crippen LogP contribution in [0.15, 0.2) is 84.2 Å². The highest BCUT2D eigenvalue weighted by Gasteiger charge is 2.53. The van der Waals surface area contributed by atoms with Crippen LogP contribution >= 0.6 is 23.2 Å². The van der Waals surface area contributed by atoms with E-state index in [2.05, 4.69) is 22.5 Å². The van der Waals surface area contributed by atoms with Gasteiger partial charge in [0.05, 0.1) is 11.5 Å². The van der Waals surface area contributed by atoms with Crippen LogP contribution < -0.4 is 16.0 Å². The van der Waals surface area contributed by atoms with Gasteiger partial charge in [-0.15, -0.1) is 0 Å². The van der Waals surface area contributed by atoms with Crippen LogP contribution in [0.4, 0.5) is 15.8 Å². The van der Waals surface area contributed by atoms with Gasteiger partial charge >= 0.3 is 5.97 Å². The fourth-order valence-corrected chi connectivity index (χ4v) is 5.48. The average Bonchev–Trinajstić information content (AvgIpc) is 3.28. The number of carboxylic acids is 1. The number of carbonyl (C=O) groups excluding carboxylic acids is 2. The lowest BCUT2D eigenvalue weighted by atomic mass is 9.70. The van der Waals surface area contributed by atoms with E-state index in [1.165, 1.54) is 42.5 Å². The minimum atomic E-state index is -0.979. The van der Waals surface area contributed by atoms with Gasteiger partial charge in [-0.2, -0.15) is 0 Å². The maximum atomic E-state index is 15.0. The highest BCUT2D eigenvalue weighted by atomic mass is 35.5. The van der Waals surface area contributed by atoms with Crippen molar-refractivity contribution in [3.8, 4) is 0 Å². The SMILES string of the molecule is C=C(Cl)/C=C\C=C(/F)C1CNC2(CCCCC2)C1C(=O)Nc1cccc(Cl)c1.O=CNc1ccc(C(=O)O)cc1. The quantitative estimate of drug-likeness (QED) is 0.198. The summed E-state index contributed by atoms with van der Waals surface area (Å²) in [5.41, 5.74) is 1.04. The number of anilines is 2. The Hall–Kier alpha value is -3.46. The molecule has 0 bridgehead atoms. The number of amides is 2. The molecule has 1 saturated carbocycles. The van der Waals surface area contributed by atoms with Crippen LogP contribution in [0.5, 0.6) is 0 Å². The maximum absolute atomic E-state index is 15.0. The third-order valence-electron chi connectivity index (χ3n) is 7.04. The molecule has 40 heavy (non-hydrogen) atoms. The minimum absolute atomic E-state index is 0.173. The summed E-state index contributed by atoms with van der Waals surface area (Å²) in [6, 6.07) is 12.9. The van der Waals surface area contributed by atoms with E-state index in [4.69, 9.17) is 28.3 Å². The second kappa shape index (κ2) is 14.8. The Morgan fingerprint density at radius 1 is 1.10 bits per heavy atom. The third kappa shape index (κ3) is 8.52. The number of hydrogen-bond acceptors (Lipinski definition) is 4. The largest absolute Gasteiger partial charge is 0.478 e. The van der Waals surface area contributed by atoms with Crippen LogP contribution in [0.2, 0.25) is 5.02 Å². The van der Waals surface area contributed by atoms with Crippen molar-refractivity contribution in [3.63, 3.8) is 0 Å². The summed E-state index contributed by atoms with van der Waals surface area (Å²) < 4.78 is 15.0. The van der Waals surface area contributed by atoms with Crippen LogP contribution in [-0.4, -0.2) is 35.5 Å². The van der Waals surface area contributed by atoms with Crippen molar-refractivity contribution < 1.29 is 23.9 Å². The normalized spacial score (nSPS) is 19.9. The zero-order chi connectivity index (χ0) is 29.1. The maximum Gasteiger partial charge on any atom is 0.335 e. The third-order valence-corrected chi connectivity index (χ3v) is 7.40. The lowest BCUT2D eigenvalue weighted by molar-refractivity contribution is -0.123. The van der Waals surface area contributed by atoms with Gasteiger partial charge in [0.1, 0.15) is 5.83 Å². The van der Waals surface area contributed by atoms with E-state index in [-0.39, 0.29) is 22.8 Å². The molecular formula is C30H32Cl2FN3O4. The van der Waals surface area contributed by atoms with Crippen molar-refractivity contribution in [2.24, 2.45) is 11.8 Å². The highest BCUT2D eigenvalue weighted by Crippen LogP contribution is 2.45. The van der Waals surface area contributed by atoms with E-state index < -0.39 is 17.8 Å². The van der Waals surface area contributed by atoms with Crippen molar-refractivity contribution >= 4 is 52.9 Å². The summed E-state index contributed by atoms with van der Waals surface area (Å²) in [6.07, 6.45) is 9.95. The zero-order valence-corrected chi connectivity index (χ0v) is 23.4. The van der Waals surface area contributed by atoms with Crippen LogP contribution in [-0.2, 0) is 9.59 Å². The zero-order valence-electron chi connectivity index (χ0n) is 21.8. The molecule has 1 spiro atoms. The van der Waals surface area contributed by atoms with E-state index in [9.17, 15) is 14.4 Å². The van der Waals surface area contributed by atoms with Gasteiger partial charge in [0.15, 0.2) is 0 Å². The number of aromatic carboxylic acids is 1. The van der Waals surface area contributed by atoms with Crippen molar-refractivity contribution in [3.05, 3.63) is 94.8 Å². The van der Waals surface area contributed by atoms with Crippen LogP contribution in [0.25, 0.3) is 0 Å². The molecule has 10 heteroatoms. The van der Waals surface area contributed by atoms with Crippen molar-refractivity contribution in [1.29, 1.82) is 0 Å². The minimum Gasteiger partial charge on any atom is -0.478 e. The van der Waals surface area contributed by atoms with Crippen LogP contribution in [0.3, 0.4) is 0 Å². The van der Waals surface area contributed by atoms with E-state index >= 15 is 4.39 Å². The summed E-state index contributed by atoms with van der Waals surface area (Å²) in [5.74, 6) is -2.49. The van der Waals surface area contributed by atoms with Gasteiger partial charge in [-0.25, -0.2) is 9.18 Å². The van der Waals surface area contributed by atoms with Crippen LogP contribution in [0, 0.1) is 11.8 Å². The highest BCUT2D eigenvalue weighted by molar-refractivity contribution is 6.31. The van der Waals surface area contributed by atoms with E-state index in [1.54, 1.807) is 24.3 Å². The van der Waals surface area contributed by atoms with Gasteiger partial charge < -0.3 is 21.1 Å². The van der Waals surface area contributed by atoms with Gasteiger partial charge in [0.2, 0.25) is 12.3 Å². The number of rotatable bonds is 8. The number of halogens is 3. The Labute approximate surface area is 243 Å². The molecule has 2 amide bonds. The number of nitrogens with one attached hydrogen (secondary N) is 3. The fourth-order valence-electron chi connectivity index (χ4n) is 5.22. The second-order valence-electron chi connectivity index (χ2n) is 9.68. The number of carboxylic acid groups (broad SMARTS) is 1. The predicted octanol–water partition coefficient (Wildman–Crippen LogP) is 6.93. The van der Waals surface area contributed by atoms with Gasteiger partial charge in [-0.1, -0.05) is 61.2 Å². The predicted molar refractivity (Wildman–Crippen MR) is 157 cm³/mol. The van der Waals surface area contributed by atoms with Crippen molar-refractivity contribution in [1.82, 2.24) is 5.32 Å². The van der Waals surface area contributed by atoms with Gasteiger partial charge in [-0.3, -0.25) is 9.59 Å². The molecule has 1 heterocycles. The van der Waals surface area contributed by atoms with E-state index in [1.807, 2.05) is 0 Å². The monoisotopic (exact) mass is 587 g/mol. The molecule has 4 N–H and O–H groups in total. The lowest BCUT2D eigenvalue weighted by Crippen LogP contribution is -2.51. The van der Waals surface area contributed by atoms with Crippen molar-refractivity contribution in [2.75, 3.05) is 17.2 Å². The molecule has 2 fully saturated rings. The Morgan fingerprint density at radius 3 is 2.40 bits per heavy atom. The lowest BCUT2D eigenvalue weighted by Gasteiger charge is -2.39.